The number of benzene rings is 2. The molecule has 2 aromatic carbocycles. The Morgan fingerprint density at radius 2 is 1.74 bits per heavy atom. The lowest BCUT2D eigenvalue weighted by Crippen LogP contribution is -2.19. The minimum absolute atomic E-state index is 0.134. The second-order valence-electron chi connectivity index (χ2n) is 8.28. The first-order valence-electron chi connectivity index (χ1n) is 11.0. The Morgan fingerprint density at radius 3 is 2.35 bits per heavy atom. The van der Waals surface area contributed by atoms with Gasteiger partial charge in [0, 0.05) is 44.4 Å². The number of hydrogen-bond acceptors (Lipinski definition) is 7. The molecule has 0 radical (unpaired) electrons. The molecule has 1 aliphatic rings. The highest BCUT2D eigenvalue weighted by atomic mass is 16.6. The van der Waals surface area contributed by atoms with Gasteiger partial charge in [0.2, 0.25) is 0 Å². The molecule has 0 saturated carbocycles. The van der Waals surface area contributed by atoms with Gasteiger partial charge in [-0.2, -0.15) is 0 Å². The molecule has 34 heavy (non-hydrogen) atoms. The average Bonchev–Trinajstić information content (AvgIpc) is 3.38. The van der Waals surface area contributed by atoms with Crippen molar-refractivity contribution < 1.29 is 14.5 Å². The van der Waals surface area contributed by atoms with E-state index < -0.39 is 16.6 Å². The number of hydrogen-bond donors (Lipinski definition) is 1. The number of amides is 1. The van der Waals surface area contributed by atoms with Gasteiger partial charge < -0.3 is 15.1 Å². The van der Waals surface area contributed by atoms with Crippen molar-refractivity contribution in [2.75, 3.05) is 42.3 Å². The Hall–Kier alpha value is -4.27. The van der Waals surface area contributed by atoms with Crippen molar-refractivity contribution in [1.82, 2.24) is 4.98 Å². The first-order valence-corrected chi connectivity index (χ1v) is 11.0. The summed E-state index contributed by atoms with van der Waals surface area (Å²) in [5.74, 6) is -0.0606. The van der Waals surface area contributed by atoms with Gasteiger partial charge in [-0.3, -0.25) is 19.7 Å². The Morgan fingerprint density at radius 1 is 1.03 bits per heavy atom. The fourth-order valence-corrected chi connectivity index (χ4v) is 4.02. The Kier molecular flexibility index (Phi) is 6.53. The first-order chi connectivity index (χ1) is 16.3. The number of rotatable bonds is 7. The minimum atomic E-state index is -0.524. The maximum Gasteiger partial charge on any atom is 0.293 e. The van der Waals surface area contributed by atoms with Crippen molar-refractivity contribution in [3.63, 3.8) is 0 Å². The molecular weight excluding hydrogens is 434 g/mol. The van der Waals surface area contributed by atoms with E-state index in [1.165, 1.54) is 24.3 Å². The number of aromatic nitrogens is 1. The lowest BCUT2D eigenvalue weighted by atomic mass is 9.97. The van der Waals surface area contributed by atoms with Crippen LogP contribution in [0.25, 0.3) is 0 Å². The molecule has 1 amide bonds. The normalized spacial score (nSPS) is 12.9. The van der Waals surface area contributed by atoms with Gasteiger partial charge in [-0.05, 0) is 43.2 Å². The van der Waals surface area contributed by atoms with Crippen LogP contribution < -0.4 is 15.1 Å². The smallest absolute Gasteiger partial charge is 0.293 e. The number of ketones is 1. The molecule has 0 atom stereocenters. The van der Waals surface area contributed by atoms with Crippen LogP contribution in [0.2, 0.25) is 0 Å². The average molecular weight is 460 g/mol. The first kappa shape index (κ1) is 22.9. The van der Waals surface area contributed by atoms with Gasteiger partial charge in [-0.1, -0.05) is 18.2 Å². The summed E-state index contributed by atoms with van der Waals surface area (Å²) in [5, 5.41) is 14.3. The third-order valence-electron chi connectivity index (χ3n) is 5.77. The third kappa shape index (κ3) is 4.73. The number of carbonyl (C=O) groups excluding carboxylic acids is 2. The molecule has 174 valence electrons. The Labute approximate surface area is 197 Å². The molecule has 2 heterocycles. The second kappa shape index (κ2) is 9.70. The van der Waals surface area contributed by atoms with Gasteiger partial charge in [-0.25, -0.2) is 4.98 Å². The fourth-order valence-electron chi connectivity index (χ4n) is 4.02. The topological polar surface area (TPSA) is 109 Å². The summed E-state index contributed by atoms with van der Waals surface area (Å²) in [4.78, 5) is 45.5. The zero-order valence-electron chi connectivity index (χ0n) is 19.0. The van der Waals surface area contributed by atoms with Crippen LogP contribution in [0.3, 0.4) is 0 Å². The van der Waals surface area contributed by atoms with E-state index in [9.17, 15) is 19.7 Å². The number of nitro benzene ring substituents is 1. The number of anilines is 3. The zero-order valence-corrected chi connectivity index (χ0v) is 19.0. The molecule has 4 rings (SSSR count). The summed E-state index contributed by atoms with van der Waals surface area (Å²) >= 11 is 0. The molecule has 1 aliphatic heterocycles. The van der Waals surface area contributed by atoms with E-state index >= 15 is 0 Å². The molecule has 1 saturated heterocycles. The van der Waals surface area contributed by atoms with Crippen LogP contribution in [-0.2, 0) is 0 Å². The summed E-state index contributed by atoms with van der Waals surface area (Å²) in [5.41, 5.74) is 1.19. The molecule has 1 fully saturated rings. The highest BCUT2D eigenvalue weighted by Crippen LogP contribution is 2.29. The lowest BCUT2D eigenvalue weighted by Gasteiger charge is -2.16. The lowest BCUT2D eigenvalue weighted by molar-refractivity contribution is -0.384. The molecule has 3 aromatic rings. The summed E-state index contributed by atoms with van der Waals surface area (Å²) < 4.78 is 0. The number of nitrogens with zero attached hydrogens (tertiary/aromatic N) is 4. The fraction of sp³-hybridized carbons (Fsp3) is 0.240. The van der Waals surface area contributed by atoms with Crippen LogP contribution in [0.15, 0.2) is 60.8 Å². The van der Waals surface area contributed by atoms with Crippen molar-refractivity contribution in [3.05, 3.63) is 87.6 Å². The molecule has 1 aromatic heterocycles. The van der Waals surface area contributed by atoms with Crippen LogP contribution in [0.1, 0.15) is 39.1 Å². The number of nitro groups is 1. The van der Waals surface area contributed by atoms with E-state index in [-0.39, 0.29) is 22.4 Å². The monoisotopic (exact) mass is 459 g/mol. The second-order valence-corrected chi connectivity index (χ2v) is 8.28. The van der Waals surface area contributed by atoms with Crippen molar-refractivity contribution >= 4 is 34.6 Å². The van der Waals surface area contributed by atoms with E-state index in [0.29, 0.717) is 11.4 Å². The number of nitrogens with one attached hydrogen (secondary N) is 1. The maximum absolute atomic E-state index is 13.2. The van der Waals surface area contributed by atoms with Crippen molar-refractivity contribution in [1.29, 1.82) is 0 Å². The molecule has 0 aliphatic carbocycles. The van der Waals surface area contributed by atoms with Gasteiger partial charge in [0.1, 0.15) is 11.5 Å². The molecule has 0 spiro atoms. The van der Waals surface area contributed by atoms with Crippen LogP contribution in [0.4, 0.5) is 22.9 Å². The van der Waals surface area contributed by atoms with Gasteiger partial charge >= 0.3 is 0 Å². The zero-order chi connectivity index (χ0) is 24.2. The summed E-state index contributed by atoms with van der Waals surface area (Å²) in [6.45, 7) is 1.95. The van der Waals surface area contributed by atoms with Crippen LogP contribution in [0, 0.1) is 10.1 Å². The van der Waals surface area contributed by atoms with Crippen molar-refractivity contribution in [2.24, 2.45) is 0 Å². The highest BCUT2D eigenvalue weighted by Gasteiger charge is 2.23. The molecule has 0 unspecified atom stereocenters. The quantitative estimate of drug-likeness (QED) is 0.321. The standard InChI is InChI=1S/C25H25N5O4/c1-28(2)21-11-9-17(15-22(21)30(33)34)24(31)19-7-3-4-8-20(19)25(32)27-18-10-12-23(26-16-18)29-13-5-6-14-29/h3-4,7-12,15-16H,5-6,13-14H2,1-2H3,(H,27,32). The molecule has 9 heteroatoms. The highest BCUT2D eigenvalue weighted by molar-refractivity contribution is 6.18. The molecular formula is C25H25N5O4. The van der Waals surface area contributed by atoms with Crippen molar-refractivity contribution in [2.45, 2.75) is 12.8 Å². The van der Waals surface area contributed by atoms with Gasteiger partial charge in [0.15, 0.2) is 5.78 Å². The summed E-state index contributed by atoms with van der Waals surface area (Å²) in [6, 6.07) is 14.4. The predicted molar refractivity (Wildman–Crippen MR) is 131 cm³/mol. The Bertz CT molecular complexity index is 1230. The SMILES string of the molecule is CN(C)c1ccc(C(=O)c2ccccc2C(=O)Nc2ccc(N3CCCC3)nc2)cc1[N+](=O)[O-]. The summed E-state index contributed by atoms with van der Waals surface area (Å²) in [6.07, 6.45) is 3.89. The van der Waals surface area contributed by atoms with E-state index in [0.717, 1.165) is 31.7 Å². The molecule has 0 bridgehead atoms. The molecule has 9 nitrogen and oxygen atoms in total. The predicted octanol–water partition coefficient (Wildman–Crippen LogP) is 4.14. The van der Waals surface area contributed by atoms with E-state index in [2.05, 4.69) is 15.2 Å². The van der Waals surface area contributed by atoms with Crippen molar-refractivity contribution in [3.8, 4) is 0 Å². The van der Waals surface area contributed by atoms with Crippen LogP contribution >= 0.6 is 0 Å². The maximum atomic E-state index is 13.2. The van der Waals surface area contributed by atoms with E-state index in [1.54, 1.807) is 49.5 Å². The van der Waals surface area contributed by atoms with E-state index in [1.807, 2.05) is 6.07 Å². The largest absolute Gasteiger partial charge is 0.372 e. The number of carbonyl (C=O) groups is 2. The summed E-state index contributed by atoms with van der Waals surface area (Å²) in [7, 11) is 3.38. The van der Waals surface area contributed by atoms with Gasteiger partial charge in [0.05, 0.1) is 22.4 Å². The Balaban J connectivity index is 1.58. The van der Waals surface area contributed by atoms with Crippen LogP contribution in [0.5, 0.6) is 0 Å². The van der Waals surface area contributed by atoms with Gasteiger partial charge in [0.25, 0.3) is 11.6 Å². The number of pyridine rings is 1. The minimum Gasteiger partial charge on any atom is -0.372 e. The molecule has 1 N–H and O–H groups in total. The third-order valence-corrected chi connectivity index (χ3v) is 5.77. The van der Waals surface area contributed by atoms with E-state index in [4.69, 9.17) is 0 Å². The van der Waals surface area contributed by atoms with Crippen LogP contribution in [-0.4, -0.2) is 48.8 Å². The van der Waals surface area contributed by atoms with Gasteiger partial charge in [-0.15, -0.1) is 0 Å².